The van der Waals surface area contributed by atoms with Crippen LogP contribution in [0.4, 0.5) is 14.5 Å². The van der Waals surface area contributed by atoms with E-state index in [0.717, 1.165) is 23.8 Å². The quantitative estimate of drug-likeness (QED) is 0.784. The van der Waals surface area contributed by atoms with Crippen molar-refractivity contribution in [2.75, 3.05) is 18.4 Å². The molecular weight excluding hydrogens is 380 g/mol. The van der Waals surface area contributed by atoms with Gasteiger partial charge in [0.25, 0.3) is 5.91 Å². The smallest absolute Gasteiger partial charge is 0.312 e. The molecule has 1 aliphatic rings. The van der Waals surface area contributed by atoms with Crippen molar-refractivity contribution in [1.29, 1.82) is 0 Å². The molecule has 1 saturated heterocycles. The lowest BCUT2D eigenvalue weighted by atomic mass is 10.1. The zero-order valence-electron chi connectivity index (χ0n) is 16.1. The maximum absolute atomic E-state index is 13.2. The first-order chi connectivity index (χ1) is 13.7. The van der Waals surface area contributed by atoms with Crippen LogP contribution in [0.5, 0.6) is 0 Å². The third-order valence-electron chi connectivity index (χ3n) is 4.68. The number of halogens is 2. The van der Waals surface area contributed by atoms with Crippen molar-refractivity contribution < 1.29 is 23.2 Å². The second kappa shape index (κ2) is 8.38. The SMILES string of the molecule is CC(C)N1CCN(Cc2ccc(C(=O)Nc3cc(F)cc(F)c3)cc2)C(=O)C1=O. The van der Waals surface area contributed by atoms with E-state index < -0.39 is 29.4 Å². The molecule has 0 bridgehead atoms. The van der Waals surface area contributed by atoms with Gasteiger partial charge in [-0.05, 0) is 43.7 Å². The lowest BCUT2D eigenvalue weighted by Crippen LogP contribution is -2.55. The van der Waals surface area contributed by atoms with Crippen molar-refractivity contribution in [2.45, 2.75) is 26.4 Å². The summed E-state index contributed by atoms with van der Waals surface area (Å²) in [6.07, 6.45) is 0. The Bertz CT molecular complexity index is 924. The maximum Gasteiger partial charge on any atom is 0.312 e. The number of rotatable bonds is 5. The monoisotopic (exact) mass is 401 g/mol. The number of carbonyl (C=O) groups excluding carboxylic acids is 3. The van der Waals surface area contributed by atoms with Gasteiger partial charge < -0.3 is 15.1 Å². The van der Waals surface area contributed by atoms with Crippen LogP contribution in [0.1, 0.15) is 29.8 Å². The van der Waals surface area contributed by atoms with E-state index in [1.54, 1.807) is 29.2 Å². The average Bonchev–Trinajstić information content (AvgIpc) is 2.65. The van der Waals surface area contributed by atoms with Gasteiger partial charge in [0.15, 0.2) is 0 Å². The molecule has 1 aliphatic heterocycles. The van der Waals surface area contributed by atoms with Gasteiger partial charge in [-0.1, -0.05) is 12.1 Å². The number of hydrogen-bond acceptors (Lipinski definition) is 3. The van der Waals surface area contributed by atoms with Gasteiger partial charge in [-0.3, -0.25) is 14.4 Å². The molecule has 2 aromatic rings. The van der Waals surface area contributed by atoms with Gasteiger partial charge >= 0.3 is 11.8 Å². The Labute approximate surface area is 167 Å². The predicted molar refractivity (Wildman–Crippen MR) is 103 cm³/mol. The topological polar surface area (TPSA) is 69.7 Å². The maximum atomic E-state index is 13.2. The molecule has 1 fully saturated rings. The first kappa shape index (κ1) is 20.4. The predicted octanol–water partition coefficient (Wildman–Crippen LogP) is 2.80. The fourth-order valence-corrected chi connectivity index (χ4v) is 3.14. The van der Waals surface area contributed by atoms with Crippen molar-refractivity contribution in [3.05, 3.63) is 65.2 Å². The minimum atomic E-state index is -0.785. The minimum absolute atomic E-state index is 0.0173. The highest BCUT2D eigenvalue weighted by molar-refractivity contribution is 6.35. The van der Waals surface area contributed by atoms with E-state index in [0.29, 0.717) is 18.7 Å². The zero-order chi connectivity index (χ0) is 21.1. The normalized spacial score (nSPS) is 14.5. The Morgan fingerprint density at radius 3 is 2.21 bits per heavy atom. The van der Waals surface area contributed by atoms with E-state index in [4.69, 9.17) is 0 Å². The summed E-state index contributed by atoms with van der Waals surface area (Å²) in [4.78, 5) is 39.7. The summed E-state index contributed by atoms with van der Waals surface area (Å²) >= 11 is 0. The third kappa shape index (κ3) is 4.77. The largest absolute Gasteiger partial charge is 0.330 e. The average molecular weight is 401 g/mol. The molecule has 152 valence electrons. The van der Waals surface area contributed by atoms with Crippen LogP contribution < -0.4 is 5.32 Å². The second-order valence-electron chi connectivity index (χ2n) is 7.13. The molecule has 29 heavy (non-hydrogen) atoms. The molecule has 1 N–H and O–H groups in total. The second-order valence-corrected chi connectivity index (χ2v) is 7.13. The highest BCUT2D eigenvalue weighted by atomic mass is 19.1. The Hall–Kier alpha value is -3.29. The number of hydrogen-bond donors (Lipinski definition) is 1. The molecule has 0 atom stereocenters. The minimum Gasteiger partial charge on any atom is -0.330 e. The van der Waals surface area contributed by atoms with Crippen LogP contribution in [-0.4, -0.2) is 46.7 Å². The van der Waals surface area contributed by atoms with Gasteiger partial charge in [0.1, 0.15) is 11.6 Å². The fraction of sp³-hybridized carbons (Fsp3) is 0.286. The summed E-state index contributed by atoms with van der Waals surface area (Å²) in [7, 11) is 0. The van der Waals surface area contributed by atoms with Crippen molar-refractivity contribution in [3.63, 3.8) is 0 Å². The van der Waals surface area contributed by atoms with Crippen molar-refractivity contribution in [1.82, 2.24) is 9.80 Å². The van der Waals surface area contributed by atoms with Gasteiger partial charge in [-0.25, -0.2) is 8.78 Å². The standard InChI is InChI=1S/C21H21F2N3O3/c1-13(2)26-8-7-25(20(28)21(26)29)12-14-3-5-15(6-4-14)19(27)24-18-10-16(22)9-17(23)11-18/h3-6,9-11,13H,7-8,12H2,1-2H3,(H,24,27). The number of nitrogens with zero attached hydrogens (tertiary/aromatic N) is 2. The molecule has 0 unspecified atom stereocenters. The van der Waals surface area contributed by atoms with E-state index in [-0.39, 0.29) is 18.3 Å². The fourth-order valence-electron chi connectivity index (χ4n) is 3.14. The molecule has 1 heterocycles. The molecular formula is C21H21F2N3O3. The van der Waals surface area contributed by atoms with E-state index in [2.05, 4.69) is 5.32 Å². The number of amides is 3. The summed E-state index contributed by atoms with van der Waals surface area (Å²) in [6.45, 7) is 4.90. The number of carbonyl (C=O) groups is 3. The molecule has 0 aromatic heterocycles. The van der Waals surface area contributed by atoms with Gasteiger partial charge in [0.2, 0.25) is 0 Å². The molecule has 2 aromatic carbocycles. The van der Waals surface area contributed by atoms with Crippen LogP contribution in [0.3, 0.4) is 0 Å². The molecule has 8 heteroatoms. The Kier molecular flexibility index (Phi) is 5.91. The van der Waals surface area contributed by atoms with Gasteiger partial charge in [0.05, 0.1) is 0 Å². The van der Waals surface area contributed by atoms with E-state index in [9.17, 15) is 23.2 Å². The summed E-state index contributed by atoms with van der Waals surface area (Å²) in [5.74, 6) is -3.14. The zero-order valence-corrected chi connectivity index (χ0v) is 16.1. The third-order valence-corrected chi connectivity index (χ3v) is 4.68. The van der Waals surface area contributed by atoms with Crippen molar-refractivity contribution in [3.8, 4) is 0 Å². The van der Waals surface area contributed by atoms with Gasteiger partial charge in [0, 0.05) is 43.0 Å². The van der Waals surface area contributed by atoms with Crippen molar-refractivity contribution in [2.24, 2.45) is 0 Å². The first-order valence-electron chi connectivity index (χ1n) is 9.21. The van der Waals surface area contributed by atoms with E-state index in [1.165, 1.54) is 4.90 Å². The summed E-state index contributed by atoms with van der Waals surface area (Å²) in [5, 5.41) is 2.44. The summed E-state index contributed by atoms with van der Waals surface area (Å²) in [5.41, 5.74) is 1.08. The molecule has 0 radical (unpaired) electrons. The Balaban J connectivity index is 1.63. The van der Waals surface area contributed by atoms with Gasteiger partial charge in [-0.15, -0.1) is 0 Å². The molecule has 0 aliphatic carbocycles. The molecule has 0 saturated carbocycles. The number of nitrogens with one attached hydrogen (secondary N) is 1. The van der Waals surface area contributed by atoms with Crippen LogP contribution >= 0.6 is 0 Å². The number of anilines is 1. The van der Waals surface area contributed by atoms with Crippen LogP contribution in [0.25, 0.3) is 0 Å². The van der Waals surface area contributed by atoms with Crippen LogP contribution in [0.2, 0.25) is 0 Å². The lowest BCUT2D eigenvalue weighted by molar-refractivity contribution is -0.157. The van der Waals surface area contributed by atoms with Gasteiger partial charge in [-0.2, -0.15) is 0 Å². The Morgan fingerprint density at radius 1 is 1.00 bits per heavy atom. The summed E-state index contributed by atoms with van der Waals surface area (Å²) in [6, 6.07) is 9.19. The lowest BCUT2D eigenvalue weighted by Gasteiger charge is -2.36. The highest BCUT2D eigenvalue weighted by Gasteiger charge is 2.33. The number of benzene rings is 2. The van der Waals surface area contributed by atoms with Crippen LogP contribution in [-0.2, 0) is 16.1 Å². The first-order valence-corrected chi connectivity index (χ1v) is 9.21. The van der Waals surface area contributed by atoms with E-state index >= 15 is 0 Å². The molecule has 0 spiro atoms. The molecule has 6 nitrogen and oxygen atoms in total. The molecule has 3 rings (SSSR count). The summed E-state index contributed by atoms with van der Waals surface area (Å²) < 4.78 is 26.5. The highest BCUT2D eigenvalue weighted by Crippen LogP contribution is 2.16. The number of piperazine rings is 1. The van der Waals surface area contributed by atoms with Crippen LogP contribution in [0.15, 0.2) is 42.5 Å². The Morgan fingerprint density at radius 2 is 1.62 bits per heavy atom. The van der Waals surface area contributed by atoms with E-state index in [1.807, 2.05) is 13.8 Å². The van der Waals surface area contributed by atoms with Crippen molar-refractivity contribution >= 4 is 23.4 Å². The molecule has 3 amide bonds. The van der Waals surface area contributed by atoms with Crippen LogP contribution in [0, 0.1) is 11.6 Å².